The molecule has 0 saturated carbocycles. The summed E-state index contributed by atoms with van der Waals surface area (Å²) < 4.78 is 15.5. The van der Waals surface area contributed by atoms with Gasteiger partial charge in [-0.05, 0) is 12.1 Å². The van der Waals surface area contributed by atoms with Gasteiger partial charge >= 0.3 is 0 Å². The van der Waals surface area contributed by atoms with Crippen LogP contribution in [0.15, 0.2) is 35.4 Å². The van der Waals surface area contributed by atoms with Gasteiger partial charge in [0.05, 0.1) is 20.5 Å². The van der Waals surface area contributed by atoms with Crippen molar-refractivity contribution in [2.75, 3.05) is 14.2 Å². The maximum atomic E-state index is 11.5. The van der Waals surface area contributed by atoms with Crippen LogP contribution in [0.4, 0.5) is 0 Å². The summed E-state index contributed by atoms with van der Waals surface area (Å²) in [5.41, 5.74) is -0.398. The van der Waals surface area contributed by atoms with Crippen molar-refractivity contribution in [1.29, 1.82) is 0 Å². The number of rotatable bonds is 4. The van der Waals surface area contributed by atoms with Crippen LogP contribution in [0.1, 0.15) is 0 Å². The number of hydrogen-bond acceptors (Lipinski definition) is 5. The summed E-state index contributed by atoms with van der Waals surface area (Å²) in [5.74, 6) is 1.29. The Balaban J connectivity index is 2.33. The molecule has 0 fully saturated rings. The van der Waals surface area contributed by atoms with Crippen LogP contribution in [0, 0.1) is 0 Å². The third-order valence-electron chi connectivity index (χ3n) is 2.24. The second kappa shape index (κ2) is 5.22. The number of hydrogen-bond donors (Lipinski definition) is 1. The molecule has 1 aromatic heterocycles. The van der Waals surface area contributed by atoms with E-state index in [0.717, 1.165) is 0 Å². The van der Waals surface area contributed by atoms with Crippen molar-refractivity contribution in [2.24, 2.45) is 0 Å². The van der Waals surface area contributed by atoms with Crippen LogP contribution in [0.2, 0.25) is 0 Å². The zero-order valence-corrected chi connectivity index (χ0v) is 9.97. The van der Waals surface area contributed by atoms with Gasteiger partial charge in [0.25, 0.3) is 11.4 Å². The van der Waals surface area contributed by atoms with Crippen molar-refractivity contribution < 1.29 is 14.2 Å². The average Bonchev–Trinajstić information content (AvgIpc) is 2.39. The molecule has 0 atom stereocenters. The summed E-state index contributed by atoms with van der Waals surface area (Å²) in [6.07, 6.45) is 1.25. The maximum absolute atomic E-state index is 11.5. The summed E-state index contributed by atoms with van der Waals surface area (Å²) in [6.45, 7) is 0. The molecule has 94 valence electrons. The Labute approximate surface area is 103 Å². The van der Waals surface area contributed by atoms with Gasteiger partial charge in [0.15, 0.2) is 0 Å². The van der Waals surface area contributed by atoms with Crippen LogP contribution < -0.4 is 19.8 Å². The molecule has 0 amide bonds. The Morgan fingerprint density at radius 1 is 1.17 bits per heavy atom. The molecule has 2 aromatic rings. The molecule has 0 aliphatic carbocycles. The number of nitrogens with one attached hydrogen (secondary N) is 1. The third kappa shape index (κ3) is 2.42. The molecule has 0 saturated heterocycles. The number of nitrogens with zero attached hydrogens (tertiary/aromatic N) is 1. The van der Waals surface area contributed by atoms with Crippen LogP contribution in [-0.2, 0) is 0 Å². The molecule has 1 aromatic carbocycles. The highest BCUT2D eigenvalue weighted by Gasteiger charge is 2.11. The first-order valence-corrected chi connectivity index (χ1v) is 5.18. The molecule has 1 N–H and O–H groups in total. The fraction of sp³-hybridized carbons (Fsp3) is 0.167. The Morgan fingerprint density at radius 3 is 2.67 bits per heavy atom. The lowest BCUT2D eigenvalue weighted by Crippen LogP contribution is -2.10. The lowest BCUT2D eigenvalue weighted by Gasteiger charge is -2.08. The zero-order valence-electron chi connectivity index (χ0n) is 9.97. The van der Waals surface area contributed by atoms with Crippen molar-refractivity contribution in [3.05, 3.63) is 40.9 Å². The normalized spacial score (nSPS) is 9.89. The van der Waals surface area contributed by atoms with Gasteiger partial charge in [-0.25, -0.2) is 4.98 Å². The number of ether oxygens (including phenoxy) is 3. The number of benzene rings is 1. The first kappa shape index (κ1) is 12.0. The van der Waals surface area contributed by atoms with E-state index in [9.17, 15) is 4.79 Å². The number of aromatic amines is 1. The minimum atomic E-state index is -0.398. The summed E-state index contributed by atoms with van der Waals surface area (Å²) in [7, 11) is 2.94. The number of aromatic nitrogens is 2. The van der Waals surface area contributed by atoms with Gasteiger partial charge in [0, 0.05) is 6.07 Å². The third-order valence-corrected chi connectivity index (χ3v) is 2.24. The first-order chi connectivity index (χ1) is 8.74. The summed E-state index contributed by atoms with van der Waals surface area (Å²) in [4.78, 5) is 17.8. The quantitative estimate of drug-likeness (QED) is 0.889. The van der Waals surface area contributed by atoms with Crippen LogP contribution in [0.3, 0.4) is 0 Å². The summed E-state index contributed by atoms with van der Waals surface area (Å²) in [5, 5.41) is 0. The van der Waals surface area contributed by atoms with Gasteiger partial charge in [-0.2, -0.15) is 0 Å². The van der Waals surface area contributed by atoms with Crippen LogP contribution in [0.25, 0.3) is 0 Å². The summed E-state index contributed by atoms with van der Waals surface area (Å²) >= 11 is 0. The lowest BCUT2D eigenvalue weighted by atomic mass is 10.3. The minimum Gasteiger partial charge on any atom is -0.497 e. The van der Waals surface area contributed by atoms with Crippen molar-refractivity contribution in [3.8, 4) is 23.1 Å². The first-order valence-electron chi connectivity index (χ1n) is 5.18. The van der Waals surface area contributed by atoms with E-state index in [1.807, 2.05) is 0 Å². The Hall–Kier alpha value is -2.50. The van der Waals surface area contributed by atoms with Crippen LogP contribution in [0.5, 0.6) is 23.1 Å². The second-order valence-corrected chi connectivity index (χ2v) is 3.35. The van der Waals surface area contributed by atoms with E-state index in [1.165, 1.54) is 13.4 Å². The predicted octanol–water partition coefficient (Wildman–Crippen LogP) is 1.58. The Bertz CT molecular complexity index is 595. The lowest BCUT2D eigenvalue weighted by molar-refractivity contribution is 0.361. The fourth-order valence-electron chi connectivity index (χ4n) is 1.40. The zero-order chi connectivity index (χ0) is 13.0. The van der Waals surface area contributed by atoms with E-state index in [4.69, 9.17) is 14.2 Å². The van der Waals surface area contributed by atoms with Crippen molar-refractivity contribution in [2.45, 2.75) is 0 Å². The Morgan fingerprint density at radius 2 is 1.94 bits per heavy atom. The number of methoxy groups -OCH3 is 2. The topological polar surface area (TPSA) is 73.4 Å². The highest BCUT2D eigenvalue weighted by Crippen LogP contribution is 2.27. The van der Waals surface area contributed by atoms with Crippen molar-refractivity contribution >= 4 is 0 Å². The molecule has 0 aliphatic heterocycles. The monoisotopic (exact) mass is 248 g/mol. The molecule has 0 bridgehead atoms. The van der Waals surface area contributed by atoms with Crippen molar-refractivity contribution in [3.63, 3.8) is 0 Å². The molecule has 0 spiro atoms. The van der Waals surface area contributed by atoms with E-state index in [-0.39, 0.29) is 11.6 Å². The molecule has 0 aliphatic rings. The highest BCUT2D eigenvalue weighted by molar-refractivity contribution is 5.38. The molecule has 6 heteroatoms. The smallest absolute Gasteiger partial charge is 0.297 e. The highest BCUT2D eigenvalue weighted by atomic mass is 16.5. The minimum absolute atomic E-state index is 0.0281. The molecular weight excluding hydrogens is 236 g/mol. The van der Waals surface area contributed by atoms with E-state index in [2.05, 4.69) is 9.97 Å². The van der Waals surface area contributed by atoms with Crippen molar-refractivity contribution in [1.82, 2.24) is 9.97 Å². The standard InChI is InChI=1S/C12H12N2O4/c1-16-8-4-3-5-9(6-8)18-12-10(17-2)11(15)13-7-14-12/h3-7H,1-2H3,(H,13,14,15). The van der Waals surface area contributed by atoms with E-state index < -0.39 is 5.56 Å². The van der Waals surface area contributed by atoms with Gasteiger partial charge in [-0.15, -0.1) is 0 Å². The molecule has 18 heavy (non-hydrogen) atoms. The molecule has 0 unspecified atom stereocenters. The summed E-state index contributed by atoms with van der Waals surface area (Å²) in [6, 6.07) is 6.97. The average molecular weight is 248 g/mol. The van der Waals surface area contributed by atoms with E-state index in [1.54, 1.807) is 31.4 Å². The fourth-order valence-corrected chi connectivity index (χ4v) is 1.40. The van der Waals surface area contributed by atoms with Gasteiger partial charge < -0.3 is 19.2 Å². The molecule has 6 nitrogen and oxygen atoms in total. The van der Waals surface area contributed by atoms with E-state index >= 15 is 0 Å². The van der Waals surface area contributed by atoms with Crippen LogP contribution in [-0.4, -0.2) is 24.2 Å². The molecule has 0 radical (unpaired) electrons. The van der Waals surface area contributed by atoms with Crippen LogP contribution >= 0.6 is 0 Å². The second-order valence-electron chi connectivity index (χ2n) is 3.35. The molecular formula is C12H12N2O4. The Kier molecular flexibility index (Phi) is 3.47. The van der Waals surface area contributed by atoms with Gasteiger partial charge in [-0.1, -0.05) is 6.07 Å². The SMILES string of the molecule is COc1cccc(Oc2nc[nH]c(=O)c2OC)c1. The van der Waals surface area contributed by atoms with E-state index in [0.29, 0.717) is 11.5 Å². The predicted molar refractivity (Wildman–Crippen MR) is 64.5 cm³/mol. The van der Waals surface area contributed by atoms with Gasteiger partial charge in [-0.3, -0.25) is 4.79 Å². The maximum Gasteiger partial charge on any atom is 0.297 e. The number of H-pyrrole nitrogens is 1. The van der Waals surface area contributed by atoms with Gasteiger partial charge in [0.2, 0.25) is 5.75 Å². The van der Waals surface area contributed by atoms with Gasteiger partial charge in [0.1, 0.15) is 11.5 Å². The molecule has 1 heterocycles. The largest absolute Gasteiger partial charge is 0.497 e. The molecule has 2 rings (SSSR count).